The Labute approximate surface area is 161 Å². The quantitative estimate of drug-likeness (QED) is 0.503. The third-order valence-electron chi connectivity index (χ3n) is 3.90. The highest BCUT2D eigenvalue weighted by atomic mass is 19.1. The summed E-state index contributed by atoms with van der Waals surface area (Å²) in [7, 11) is 0. The fraction of sp³-hybridized carbons (Fsp3) is 0.0952. The average Bonchev–Trinajstić information content (AvgIpc) is 3.20. The molecule has 0 aliphatic heterocycles. The Kier molecular flexibility index (Phi) is 5.24. The Balaban J connectivity index is 1.33. The molecule has 2 heterocycles. The summed E-state index contributed by atoms with van der Waals surface area (Å²) in [6.45, 7) is 0.584. The van der Waals surface area contributed by atoms with E-state index in [9.17, 15) is 4.39 Å². The van der Waals surface area contributed by atoms with Crippen LogP contribution < -0.4 is 10.1 Å². The number of oxazole rings is 1. The van der Waals surface area contributed by atoms with E-state index in [1.807, 2.05) is 30.3 Å². The van der Waals surface area contributed by atoms with Gasteiger partial charge in [-0.3, -0.25) is 0 Å². The molecule has 0 saturated carbocycles. The number of aromatic nitrogens is 3. The molecule has 0 spiro atoms. The topological polar surface area (TPSA) is 73.1 Å². The molecule has 2 aromatic heterocycles. The van der Waals surface area contributed by atoms with Gasteiger partial charge in [0.05, 0.1) is 5.69 Å². The molecule has 0 fully saturated rings. The highest BCUT2D eigenvalue weighted by Crippen LogP contribution is 2.20. The van der Waals surface area contributed by atoms with E-state index in [1.54, 1.807) is 30.7 Å². The highest BCUT2D eigenvalue weighted by Gasteiger charge is 2.07. The van der Waals surface area contributed by atoms with E-state index < -0.39 is 0 Å². The molecule has 7 heteroatoms. The Morgan fingerprint density at radius 1 is 0.964 bits per heavy atom. The number of hydrogen-bond donors (Lipinski definition) is 1. The van der Waals surface area contributed by atoms with Crippen molar-refractivity contribution < 1.29 is 13.5 Å². The molecule has 1 N–H and O–H groups in total. The monoisotopic (exact) mass is 376 g/mol. The lowest BCUT2D eigenvalue weighted by atomic mass is 10.2. The van der Waals surface area contributed by atoms with Gasteiger partial charge in [-0.05, 0) is 36.4 Å². The third-order valence-corrected chi connectivity index (χ3v) is 3.90. The second kappa shape index (κ2) is 8.30. The molecule has 0 aliphatic rings. The van der Waals surface area contributed by atoms with E-state index in [4.69, 9.17) is 9.15 Å². The molecule has 28 heavy (non-hydrogen) atoms. The highest BCUT2D eigenvalue weighted by molar-refractivity contribution is 5.52. The largest absolute Gasteiger partial charge is 0.444 e. The molecule has 140 valence electrons. The first-order valence-corrected chi connectivity index (χ1v) is 8.76. The predicted octanol–water partition coefficient (Wildman–Crippen LogP) is 4.72. The summed E-state index contributed by atoms with van der Waals surface area (Å²) < 4.78 is 24.1. The van der Waals surface area contributed by atoms with Gasteiger partial charge in [-0.1, -0.05) is 18.2 Å². The number of nitrogens with zero attached hydrogens (tertiary/aromatic N) is 3. The summed E-state index contributed by atoms with van der Waals surface area (Å²) in [5, 5.41) is 3.13. The van der Waals surface area contributed by atoms with Crippen LogP contribution in [0.2, 0.25) is 0 Å². The molecule has 0 aliphatic carbocycles. The van der Waals surface area contributed by atoms with Gasteiger partial charge in [-0.25, -0.2) is 14.4 Å². The molecule has 0 saturated heterocycles. The van der Waals surface area contributed by atoms with Gasteiger partial charge in [0.15, 0.2) is 0 Å². The summed E-state index contributed by atoms with van der Waals surface area (Å²) in [5.41, 5.74) is 1.78. The lowest BCUT2D eigenvalue weighted by Crippen LogP contribution is -2.08. The molecule has 4 rings (SSSR count). The summed E-state index contributed by atoms with van der Waals surface area (Å²) in [6.07, 6.45) is 3.90. The van der Waals surface area contributed by atoms with E-state index >= 15 is 0 Å². The molecule has 6 nitrogen and oxygen atoms in total. The molecule has 0 atom stereocenters. The first-order chi connectivity index (χ1) is 13.8. The Hall–Kier alpha value is -3.74. The first kappa shape index (κ1) is 17.7. The van der Waals surface area contributed by atoms with Crippen molar-refractivity contribution in [3.05, 3.63) is 84.6 Å². The van der Waals surface area contributed by atoms with Crippen molar-refractivity contribution in [1.29, 1.82) is 0 Å². The van der Waals surface area contributed by atoms with Crippen LogP contribution in [0, 0.1) is 5.82 Å². The number of ether oxygens (including phenoxy) is 1. The van der Waals surface area contributed by atoms with Crippen molar-refractivity contribution in [2.24, 2.45) is 0 Å². The second-order valence-corrected chi connectivity index (χ2v) is 5.96. The molecular formula is C21H17FN4O2. The molecular weight excluding hydrogens is 359 g/mol. The van der Waals surface area contributed by atoms with E-state index in [2.05, 4.69) is 20.3 Å². The molecule has 0 amide bonds. The molecule has 4 aromatic rings. The molecule has 2 aromatic carbocycles. The van der Waals surface area contributed by atoms with Crippen LogP contribution in [0.3, 0.4) is 0 Å². The van der Waals surface area contributed by atoms with E-state index in [-0.39, 0.29) is 5.82 Å². The van der Waals surface area contributed by atoms with E-state index in [0.29, 0.717) is 36.4 Å². The van der Waals surface area contributed by atoms with Crippen LogP contribution in [0.15, 0.2) is 77.5 Å². The van der Waals surface area contributed by atoms with Crippen molar-refractivity contribution in [3.63, 3.8) is 0 Å². The van der Waals surface area contributed by atoms with E-state index in [0.717, 1.165) is 11.3 Å². The fourth-order valence-corrected chi connectivity index (χ4v) is 2.55. The maximum absolute atomic E-state index is 13.0. The normalized spacial score (nSPS) is 10.6. The second-order valence-electron chi connectivity index (χ2n) is 5.96. The maximum Gasteiger partial charge on any atom is 0.226 e. The number of nitrogens with one attached hydrogen (secondary N) is 1. The minimum atomic E-state index is -0.319. The molecule has 0 bridgehead atoms. The number of halogens is 1. The zero-order valence-corrected chi connectivity index (χ0v) is 14.9. The minimum absolute atomic E-state index is 0.319. The SMILES string of the molecule is Fc1ccc(Oc2ccnc(NCCc3coc(-c4ccccc4)n3)n2)cc1. The summed E-state index contributed by atoms with van der Waals surface area (Å²) in [6, 6.07) is 17.1. The van der Waals surface area contributed by atoms with Gasteiger partial charge in [0, 0.05) is 30.8 Å². The fourth-order valence-electron chi connectivity index (χ4n) is 2.55. The molecule has 0 radical (unpaired) electrons. The van der Waals surface area contributed by atoms with Crippen molar-refractivity contribution >= 4 is 5.95 Å². The predicted molar refractivity (Wildman–Crippen MR) is 103 cm³/mol. The van der Waals surface area contributed by atoms with Gasteiger partial charge in [-0.15, -0.1) is 0 Å². The number of benzene rings is 2. The smallest absolute Gasteiger partial charge is 0.226 e. The molecule has 0 unspecified atom stereocenters. The number of anilines is 1. The van der Waals surface area contributed by atoms with Crippen molar-refractivity contribution in [2.75, 3.05) is 11.9 Å². The van der Waals surface area contributed by atoms with E-state index in [1.165, 1.54) is 12.1 Å². The van der Waals surface area contributed by atoms with Crippen molar-refractivity contribution in [1.82, 2.24) is 15.0 Å². The number of rotatable bonds is 7. The summed E-state index contributed by atoms with van der Waals surface area (Å²) in [4.78, 5) is 13.0. The van der Waals surface area contributed by atoms with Crippen LogP contribution in [0.4, 0.5) is 10.3 Å². The zero-order chi connectivity index (χ0) is 19.2. The third kappa shape index (κ3) is 4.50. The maximum atomic E-state index is 13.0. The zero-order valence-electron chi connectivity index (χ0n) is 14.9. The minimum Gasteiger partial charge on any atom is -0.444 e. The first-order valence-electron chi connectivity index (χ1n) is 8.76. The summed E-state index contributed by atoms with van der Waals surface area (Å²) >= 11 is 0. The Morgan fingerprint density at radius 2 is 1.79 bits per heavy atom. The van der Waals surface area contributed by atoms with Crippen LogP contribution in [0.25, 0.3) is 11.5 Å². The van der Waals surface area contributed by atoms with Crippen LogP contribution in [0.1, 0.15) is 5.69 Å². The lowest BCUT2D eigenvalue weighted by Gasteiger charge is -2.07. The van der Waals surface area contributed by atoms with Gasteiger partial charge in [0.1, 0.15) is 17.8 Å². The Morgan fingerprint density at radius 3 is 2.61 bits per heavy atom. The number of hydrogen-bond acceptors (Lipinski definition) is 6. The lowest BCUT2D eigenvalue weighted by molar-refractivity contribution is 0.460. The van der Waals surface area contributed by atoms with Gasteiger partial charge in [-0.2, -0.15) is 4.98 Å². The van der Waals surface area contributed by atoms with Crippen molar-refractivity contribution in [2.45, 2.75) is 6.42 Å². The van der Waals surface area contributed by atoms with Crippen LogP contribution in [-0.2, 0) is 6.42 Å². The van der Waals surface area contributed by atoms with Gasteiger partial charge in [0.2, 0.25) is 17.7 Å². The van der Waals surface area contributed by atoms with Crippen molar-refractivity contribution in [3.8, 4) is 23.1 Å². The standard InChI is InChI=1S/C21H17FN4O2/c22-16-6-8-18(9-7-16)28-19-11-13-24-21(26-19)23-12-10-17-14-27-20(25-17)15-4-2-1-3-5-15/h1-9,11,13-14H,10,12H2,(H,23,24,26). The van der Waals surface area contributed by atoms with Crippen LogP contribution >= 0.6 is 0 Å². The van der Waals surface area contributed by atoms with Gasteiger partial charge in [0.25, 0.3) is 0 Å². The van der Waals surface area contributed by atoms with Crippen LogP contribution in [0.5, 0.6) is 11.6 Å². The van der Waals surface area contributed by atoms with Gasteiger partial charge >= 0.3 is 0 Å². The average molecular weight is 376 g/mol. The summed E-state index contributed by atoms with van der Waals surface area (Å²) in [5.74, 6) is 1.59. The Bertz CT molecular complexity index is 1040. The van der Waals surface area contributed by atoms with Gasteiger partial charge < -0.3 is 14.5 Å². The van der Waals surface area contributed by atoms with Crippen LogP contribution in [-0.4, -0.2) is 21.5 Å².